The third-order valence-electron chi connectivity index (χ3n) is 1.95. The fourth-order valence-electron chi connectivity index (χ4n) is 1.42. The van der Waals surface area contributed by atoms with Gasteiger partial charge in [-0.3, -0.25) is 4.90 Å². The van der Waals surface area contributed by atoms with Crippen LogP contribution in [-0.4, -0.2) is 35.8 Å². The van der Waals surface area contributed by atoms with Crippen molar-refractivity contribution in [1.82, 2.24) is 4.90 Å². The molecule has 0 heterocycles. The second kappa shape index (κ2) is 7.09. The van der Waals surface area contributed by atoms with Crippen molar-refractivity contribution in [3.05, 3.63) is 0 Å². The van der Waals surface area contributed by atoms with Gasteiger partial charge in [-0.25, -0.2) is 0 Å². The van der Waals surface area contributed by atoms with E-state index in [1.54, 1.807) is 7.11 Å². The smallest absolute Gasteiger partial charge is 0.112 e. The van der Waals surface area contributed by atoms with Crippen molar-refractivity contribution in [2.24, 2.45) is 5.92 Å². The van der Waals surface area contributed by atoms with Crippen LogP contribution < -0.4 is 0 Å². The Kier molecular flexibility index (Phi) is 7.48. The fourth-order valence-corrected chi connectivity index (χ4v) is 2.04. The lowest BCUT2D eigenvalue weighted by atomic mass is 10.1. The minimum Gasteiger partial charge on any atom is -0.366 e. The second-order valence-corrected chi connectivity index (χ2v) is 4.27. The van der Waals surface area contributed by atoms with Crippen LogP contribution in [0.4, 0.5) is 0 Å². The van der Waals surface area contributed by atoms with Gasteiger partial charge in [-0.15, -0.1) is 0 Å². The predicted octanol–water partition coefficient (Wildman–Crippen LogP) is 2.37. The molecule has 12 heavy (non-hydrogen) atoms. The van der Waals surface area contributed by atoms with E-state index in [0.717, 1.165) is 17.5 Å². The molecule has 0 amide bonds. The summed E-state index contributed by atoms with van der Waals surface area (Å²) < 4.78 is 6.60. The normalized spacial score (nSPS) is 14.2. The van der Waals surface area contributed by atoms with Crippen molar-refractivity contribution in [2.75, 3.05) is 24.6 Å². The Labute approximate surface area is 89.8 Å². The minimum absolute atomic E-state index is 0.282. The lowest BCUT2D eigenvalue weighted by Crippen LogP contribution is -2.41. The predicted molar refractivity (Wildman–Crippen MR) is 61.8 cm³/mol. The zero-order chi connectivity index (χ0) is 9.56. The molecule has 0 aromatic carbocycles. The molecule has 0 N–H and O–H groups in total. The van der Waals surface area contributed by atoms with Crippen LogP contribution in [0, 0.1) is 5.92 Å². The number of methoxy groups -OCH3 is 1. The molecule has 0 aliphatic heterocycles. The maximum atomic E-state index is 5.44. The average Bonchev–Trinajstić information content (AvgIpc) is 2.03. The summed E-state index contributed by atoms with van der Waals surface area (Å²) in [5, 5.41) is 0. The van der Waals surface area contributed by atoms with E-state index in [1.165, 1.54) is 0 Å². The molecule has 74 valence electrons. The van der Waals surface area contributed by atoms with Gasteiger partial charge in [0.2, 0.25) is 0 Å². The van der Waals surface area contributed by atoms with Crippen LogP contribution in [0.1, 0.15) is 20.8 Å². The maximum Gasteiger partial charge on any atom is 0.112 e. The van der Waals surface area contributed by atoms with Gasteiger partial charge in [0.05, 0.1) is 0 Å². The quantitative estimate of drug-likeness (QED) is 0.422. The van der Waals surface area contributed by atoms with Crippen molar-refractivity contribution in [3.63, 3.8) is 0 Å². The molecular weight excluding hydrogens is 265 g/mol. The highest BCUT2D eigenvalue weighted by Gasteiger charge is 2.18. The summed E-state index contributed by atoms with van der Waals surface area (Å²) in [5.74, 6) is 0.567. The summed E-state index contributed by atoms with van der Waals surface area (Å²) in [6, 6.07) is 0. The lowest BCUT2D eigenvalue weighted by molar-refractivity contribution is -0.0561. The van der Waals surface area contributed by atoms with Gasteiger partial charge >= 0.3 is 0 Å². The summed E-state index contributed by atoms with van der Waals surface area (Å²) in [4.78, 5) is 2.37. The number of alkyl halides is 1. The summed E-state index contributed by atoms with van der Waals surface area (Å²) in [6.45, 7) is 8.77. The third kappa shape index (κ3) is 4.05. The highest BCUT2D eigenvalue weighted by molar-refractivity contribution is 14.1. The molecule has 0 aliphatic rings. The van der Waals surface area contributed by atoms with Crippen molar-refractivity contribution in [1.29, 1.82) is 0 Å². The Morgan fingerprint density at radius 3 is 2.25 bits per heavy atom. The molecule has 0 aromatic rings. The van der Waals surface area contributed by atoms with Crippen LogP contribution in [0.2, 0.25) is 0 Å². The summed E-state index contributed by atoms with van der Waals surface area (Å²) in [7, 11) is 1.79. The Morgan fingerprint density at radius 1 is 1.42 bits per heavy atom. The van der Waals surface area contributed by atoms with Crippen LogP contribution in [-0.2, 0) is 4.74 Å². The Morgan fingerprint density at radius 2 is 2.00 bits per heavy atom. The fraction of sp³-hybridized carbons (Fsp3) is 1.00. The van der Waals surface area contributed by atoms with Gasteiger partial charge in [-0.1, -0.05) is 43.4 Å². The highest BCUT2D eigenvalue weighted by atomic mass is 127. The molecule has 0 spiro atoms. The first-order valence-electron chi connectivity index (χ1n) is 4.50. The van der Waals surface area contributed by atoms with E-state index in [0.29, 0.717) is 5.92 Å². The van der Waals surface area contributed by atoms with Crippen molar-refractivity contribution in [2.45, 2.75) is 27.0 Å². The zero-order valence-corrected chi connectivity index (χ0v) is 10.7. The van der Waals surface area contributed by atoms with Gasteiger partial charge in [0.15, 0.2) is 0 Å². The van der Waals surface area contributed by atoms with Crippen molar-refractivity contribution < 1.29 is 4.74 Å². The third-order valence-corrected chi connectivity index (χ3v) is 2.43. The lowest BCUT2D eigenvalue weighted by Gasteiger charge is -2.31. The monoisotopic (exact) mass is 285 g/mol. The molecule has 0 aliphatic carbocycles. The first kappa shape index (κ1) is 12.7. The van der Waals surface area contributed by atoms with Gasteiger partial charge in [-0.05, 0) is 12.5 Å². The summed E-state index contributed by atoms with van der Waals surface area (Å²) in [5.41, 5.74) is 0. The summed E-state index contributed by atoms with van der Waals surface area (Å²) in [6.07, 6.45) is 0.282. The molecule has 0 bridgehead atoms. The summed E-state index contributed by atoms with van der Waals surface area (Å²) >= 11 is 2.40. The topological polar surface area (TPSA) is 12.5 Å². The number of hydrogen-bond acceptors (Lipinski definition) is 2. The minimum atomic E-state index is 0.282. The van der Waals surface area contributed by atoms with Gasteiger partial charge < -0.3 is 4.74 Å². The van der Waals surface area contributed by atoms with Gasteiger partial charge in [0.1, 0.15) is 6.23 Å². The average molecular weight is 285 g/mol. The number of halogens is 1. The van der Waals surface area contributed by atoms with Crippen LogP contribution in [0.3, 0.4) is 0 Å². The SMILES string of the molecule is CCN(CCI)C(OC)C(C)C. The number of hydrogen-bond donors (Lipinski definition) is 0. The second-order valence-electron chi connectivity index (χ2n) is 3.19. The zero-order valence-electron chi connectivity index (χ0n) is 8.51. The van der Waals surface area contributed by atoms with Gasteiger partial charge in [0, 0.05) is 18.1 Å². The van der Waals surface area contributed by atoms with E-state index in [4.69, 9.17) is 4.74 Å². The standard InChI is InChI=1S/C9H20INO/c1-5-11(7-6-10)9(12-4)8(2)3/h8-9H,5-7H2,1-4H3. The molecule has 1 unspecified atom stereocenters. The molecule has 0 rings (SSSR count). The van der Waals surface area contributed by atoms with E-state index in [9.17, 15) is 0 Å². The van der Waals surface area contributed by atoms with Crippen molar-refractivity contribution >= 4 is 22.6 Å². The van der Waals surface area contributed by atoms with E-state index >= 15 is 0 Å². The highest BCUT2D eigenvalue weighted by Crippen LogP contribution is 2.11. The van der Waals surface area contributed by atoms with Crippen LogP contribution >= 0.6 is 22.6 Å². The number of ether oxygens (including phenoxy) is 1. The first-order chi connectivity index (χ1) is 5.67. The Bertz CT molecular complexity index is 109. The first-order valence-corrected chi connectivity index (χ1v) is 6.02. The largest absolute Gasteiger partial charge is 0.366 e. The molecular formula is C9H20INO. The van der Waals surface area contributed by atoms with Crippen LogP contribution in [0.15, 0.2) is 0 Å². The van der Waals surface area contributed by atoms with Crippen molar-refractivity contribution in [3.8, 4) is 0 Å². The number of rotatable bonds is 6. The molecule has 0 radical (unpaired) electrons. The Balaban J connectivity index is 4.02. The molecule has 3 heteroatoms. The molecule has 0 fully saturated rings. The maximum absolute atomic E-state index is 5.44. The molecule has 0 aromatic heterocycles. The van der Waals surface area contributed by atoms with Gasteiger partial charge in [-0.2, -0.15) is 0 Å². The number of nitrogens with zero attached hydrogens (tertiary/aromatic N) is 1. The molecule has 0 saturated heterocycles. The van der Waals surface area contributed by atoms with E-state index in [1.807, 2.05) is 0 Å². The van der Waals surface area contributed by atoms with Crippen LogP contribution in [0.25, 0.3) is 0 Å². The van der Waals surface area contributed by atoms with E-state index < -0.39 is 0 Å². The van der Waals surface area contributed by atoms with Gasteiger partial charge in [0.25, 0.3) is 0 Å². The molecule has 1 atom stereocenters. The van der Waals surface area contributed by atoms with E-state index in [2.05, 4.69) is 48.3 Å². The Hall–Kier alpha value is 0.650. The molecule has 2 nitrogen and oxygen atoms in total. The van der Waals surface area contributed by atoms with Crippen LogP contribution in [0.5, 0.6) is 0 Å². The molecule has 0 saturated carbocycles. The van der Waals surface area contributed by atoms with E-state index in [-0.39, 0.29) is 6.23 Å².